The van der Waals surface area contributed by atoms with Crippen LogP contribution in [-0.2, 0) is 10.0 Å². The number of anilines is 1. The molecule has 0 saturated heterocycles. The number of phenols is 1. The van der Waals surface area contributed by atoms with Crippen LogP contribution in [0.3, 0.4) is 0 Å². The number of halogens is 1. The number of phenolic OH excluding ortho intramolecular Hbond substituents is 1. The number of hydrogen-bond acceptors (Lipinski definition) is 5. The SMILES string of the molecule is O=S(=O)(Nc1nccs1)c1ccc(O)c(F)c1. The summed E-state index contributed by atoms with van der Waals surface area (Å²) < 4.78 is 38.8. The summed E-state index contributed by atoms with van der Waals surface area (Å²) in [5.74, 6) is -1.59. The number of aromatic nitrogens is 1. The van der Waals surface area contributed by atoms with Gasteiger partial charge in [-0.05, 0) is 18.2 Å². The lowest BCUT2D eigenvalue weighted by Gasteiger charge is -2.05. The summed E-state index contributed by atoms with van der Waals surface area (Å²) in [6.07, 6.45) is 1.44. The van der Waals surface area contributed by atoms with Crippen LogP contribution >= 0.6 is 11.3 Å². The van der Waals surface area contributed by atoms with Gasteiger partial charge in [0.1, 0.15) is 0 Å². The Labute approximate surface area is 101 Å². The first kappa shape index (κ1) is 11.8. The maximum Gasteiger partial charge on any atom is 0.263 e. The fourth-order valence-corrected chi connectivity index (χ4v) is 2.90. The third-order valence-corrected chi connectivity index (χ3v) is 4.04. The van der Waals surface area contributed by atoms with Crippen LogP contribution in [0, 0.1) is 5.82 Å². The van der Waals surface area contributed by atoms with E-state index in [9.17, 15) is 12.8 Å². The average Bonchev–Trinajstić information content (AvgIpc) is 2.73. The molecule has 0 saturated carbocycles. The van der Waals surface area contributed by atoms with Gasteiger partial charge < -0.3 is 5.11 Å². The van der Waals surface area contributed by atoms with Gasteiger partial charge in [0, 0.05) is 11.6 Å². The molecule has 2 N–H and O–H groups in total. The Balaban J connectivity index is 2.35. The van der Waals surface area contributed by atoms with Crippen molar-refractivity contribution in [3.05, 3.63) is 35.6 Å². The summed E-state index contributed by atoms with van der Waals surface area (Å²) in [4.78, 5) is 3.48. The van der Waals surface area contributed by atoms with E-state index in [1.807, 2.05) is 0 Å². The van der Waals surface area contributed by atoms with Crippen LogP contribution in [0.15, 0.2) is 34.7 Å². The van der Waals surface area contributed by atoms with E-state index in [2.05, 4.69) is 9.71 Å². The summed E-state index contributed by atoms with van der Waals surface area (Å²) in [6, 6.07) is 2.82. The summed E-state index contributed by atoms with van der Waals surface area (Å²) in [5.41, 5.74) is 0. The highest BCUT2D eigenvalue weighted by Crippen LogP contribution is 2.22. The lowest BCUT2D eigenvalue weighted by Crippen LogP contribution is -2.12. The quantitative estimate of drug-likeness (QED) is 0.894. The summed E-state index contributed by atoms with van der Waals surface area (Å²) in [6.45, 7) is 0. The zero-order valence-electron chi connectivity index (χ0n) is 8.29. The first-order valence-corrected chi connectivity index (χ1v) is 6.76. The van der Waals surface area contributed by atoms with E-state index in [1.165, 1.54) is 6.20 Å². The smallest absolute Gasteiger partial charge is 0.263 e. The minimum atomic E-state index is -3.88. The van der Waals surface area contributed by atoms with Gasteiger partial charge in [0.15, 0.2) is 16.7 Å². The highest BCUT2D eigenvalue weighted by Gasteiger charge is 2.17. The summed E-state index contributed by atoms with van der Waals surface area (Å²) >= 11 is 1.11. The van der Waals surface area contributed by atoms with Gasteiger partial charge in [-0.2, -0.15) is 0 Å². The molecule has 5 nitrogen and oxygen atoms in total. The van der Waals surface area contributed by atoms with Crippen molar-refractivity contribution in [2.24, 2.45) is 0 Å². The number of nitrogens with zero attached hydrogens (tertiary/aromatic N) is 1. The topological polar surface area (TPSA) is 79.3 Å². The highest BCUT2D eigenvalue weighted by molar-refractivity contribution is 7.93. The normalized spacial score (nSPS) is 11.4. The van der Waals surface area contributed by atoms with E-state index >= 15 is 0 Å². The lowest BCUT2D eigenvalue weighted by atomic mass is 10.3. The molecule has 0 aliphatic heterocycles. The molecule has 1 heterocycles. The van der Waals surface area contributed by atoms with Crippen LogP contribution < -0.4 is 4.72 Å². The molecule has 0 radical (unpaired) electrons. The van der Waals surface area contributed by atoms with Crippen LogP contribution in [0.5, 0.6) is 5.75 Å². The minimum Gasteiger partial charge on any atom is -0.505 e. The van der Waals surface area contributed by atoms with E-state index in [0.29, 0.717) is 0 Å². The van der Waals surface area contributed by atoms with Gasteiger partial charge in [0.25, 0.3) is 10.0 Å². The predicted octanol–water partition coefficient (Wildman–Crippen LogP) is 1.79. The van der Waals surface area contributed by atoms with Gasteiger partial charge in [-0.15, -0.1) is 11.3 Å². The molecule has 0 atom stereocenters. The molecule has 1 aromatic carbocycles. The van der Waals surface area contributed by atoms with Crippen molar-refractivity contribution in [1.82, 2.24) is 4.98 Å². The number of nitrogens with one attached hydrogen (secondary N) is 1. The highest BCUT2D eigenvalue weighted by atomic mass is 32.2. The number of thiazole rings is 1. The second-order valence-corrected chi connectivity index (χ2v) is 5.63. The standard InChI is InChI=1S/C9H7FN2O3S2/c10-7-5-6(1-2-8(7)13)17(14,15)12-9-11-3-4-16-9/h1-5,13H,(H,11,12). The Morgan fingerprint density at radius 2 is 2.18 bits per heavy atom. The molecular weight excluding hydrogens is 267 g/mol. The molecule has 1 aromatic heterocycles. The van der Waals surface area contributed by atoms with E-state index in [4.69, 9.17) is 5.11 Å². The molecule has 0 amide bonds. The van der Waals surface area contributed by atoms with E-state index in [-0.39, 0.29) is 10.0 Å². The third kappa shape index (κ3) is 2.53. The number of sulfonamides is 1. The number of hydrogen-bond donors (Lipinski definition) is 2. The predicted molar refractivity (Wildman–Crippen MR) is 61.0 cm³/mol. The third-order valence-electron chi connectivity index (χ3n) is 1.88. The average molecular weight is 274 g/mol. The maximum absolute atomic E-state index is 13.0. The molecule has 2 rings (SSSR count). The van der Waals surface area contributed by atoms with Crippen LogP contribution in [-0.4, -0.2) is 18.5 Å². The second kappa shape index (κ2) is 4.30. The largest absolute Gasteiger partial charge is 0.505 e. The molecule has 90 valence electrons. The van der Waals surface area contributed by atoms with Crippen molar-refractivity contribution in [1.29, 1.82) is 0 Å². The zero-order chi connectivity index (χ0) is 12.5. The lowest BCUT2D eigenvalue weighted by molar-refractivity contribution is 0.431. The van der Waals surface area contributed by atoms with Crippen molar-refractivity contribution >= 4 is 26.5 Å². The Morgan fingerprint density at radius 3 is 2.76 bits per heavy atom. The molecule has 0 unspecified atom stereocenters. The zero-order valence-corrected chi connectivity index (χ0v) is 9.93. The number of rotatable bonds is 3. The van der Waals surface area contributed by atoms with E-state index in [1.54, 1.807) is 5.38 Å². The van der Waals surface area contributed by atoms with Crippen LogP contribution in [0.25, 0.3) is 0 Å². The molecule has 0 aliphatic carbocycles. The first-order valence-electron chi connectivity index (χ1n) is 4.40. The molecular formula is C9H7FN2O3S2. The maximum atomic E-state index is 13.0. The van der Waals surface area contributed by atoms with Crippen molar-refractivity contribution in [2.45, 2.75) is 4.90 Å². The number of aromatic hydroxyl groups is 1. The van der Waals surface area contributed by atoms with Crippen molar-refractivity contribution in [2.75, 3.05) is 4.72 Å². The second-order valence-electron chi connectivity index (χ2n) is 3.06. The van der Waals surface area contributed by atoms with Crippen LogP contribution in [0.1, 0.15) is 0 Å². The fraction of sp³-hybridized carbons (Fsp3) is 0. The molecule has 17 heavy (non-hydrogen) atoms. The molecule has 8 heteroatoms. The van der Waals surface area contributed by atoms with Gasteiger partial charge in [0.2, 0.25) is 0 Å². The Bertz CT molecular complexity index is 626. The first-order chi connectivity index (χ1) is 7.99. The minimum absolute atomic E-state index is 0.193. The number of benzene rings is 1. The van der Waals surface area contributed by atoms with Gasteiger partial charge in [0.05, 0.1) is 4.90 Å². The molecule has 0 spiro atoms. The fourth-order valence-electron chi connectivity index (χ4n) is 1.10. The van der Waals surface area contributed by atoms with Gasteiger partial charge >= 0.3 is 0 Å². The summed E-state index contributed by atoms with van der Waals surface area (Å²) in [7, 11) is -3.88. The molecule has 0 bridgehead atoms. The molecule has 0 fully saturated rings. The summed E-state index contributed by atoms with van der Waals surface area (Å²) in [5, 5.41) is 10.8. The van der Waals surface area contributed by atoms with Crippen molar-refractivity contribution in [3.8, 4) is 5.75 Å². The van der Waals surface area contributed by atoms with Gasteiger partial charge in [-0.25, -0.2) is 17.8 Å². The monoisotopic (exact) mass is 274 g/mol. The van der Waals surface area contributed by atoms with E-state index in [0.717, 1.165) is 29.5 Å². The van der Waals surface area contributed by atoms with Crippen LogP contribution in [0.4, 0.5) is 9.52 Å². The van der Waals surface area contributed by atoms with Crippen molar-refractivity contribution < 1.29 is 17.9 Å². The Hall–Kier alpha value is -1.67. The van der Waals surface area contributed by atoms with E-state index < -0.39 is 21.6 Å². The van der Waals surface area contributed by atoms with Crippen molar-refractivity contribution in [3.63, 3.8) is 0 Å². The van der Waals surface area contributed by atoms with Gasteiger partial charge in [-0.3, -0.25) is 4.72 Å². The molecule has 0 aliphatic rings. The van der Waals surface area contributed by atoms with Gasteiger partial charge in [-0.1, -0.05) is 0 Å². The molecule has 2 aromatic rings. The Morgan fingerprint density at radius 1 is 1.41 bits per heavy atom. The Kier molecular flexibility index (Phi) is 2.99. The van der Waals surface area contributed by atoms with Crippen LogP contribution in [0.2, 0.25) is 0 Å².